The number of nitrogen functional groups attached to an aromatic ring is 1. The van der Waals surface area contributed by atoms with Crippen molar-refractivity contribution in [2.24, 2.45) is 0 Å². The molecule has 8 nitrogen and oxygen atoms in total. The summed E-state index contributed by atoms with van der Waals surface area (Å²) in [6, 6.07) is 12.8. The number of amides is 2. The molecule has 0 aliphatic rings. The maximum absolute atomic E-state index is 13.8. The van der Waals surface area contributed by atoms with Crippen LogP contribution in [0.4, 0.5) is 26.5 Å². The fraction of sp³-hybridized carbons (Fsp3) is 0.0526. The number of anilines is 3. The van der Waals surface area contributed by atoms with Gasteiger partial charge in [0.15, 0.2) is 5.65 Å². The second-order valence-corrected chi connectivity index (χ2v) is 6.16. The molecule has 0 spiro atoms. The lowest BCUT2D eigenvalue weighted by Crippen LogP contribution is -2.20. The molecule has 0 radical (unpaired) electrons. The number of aryl methyl sites for hydroxylation is 1. The Labute approximate surface area is 159 Å². The van der Waals surface area contributed by atoms with Crippen molar-refractivity contribution in [1.29, 1.82) is 0 Å². The van der Waals surface area contributed by atoms with Gasteiger partial charge in [-0.1, -0.05) is 12.1 Å². The van der Waals surface area contributed by atoms with Gasteiger partial charge in [-0.2, -0.15) is 0 Å². The molecule has 4 aromatic rings. The van der Waals surface area contributed by atoms with Crippen LogP contribution in [0.25, 0.3) is 17.0 Å². The van der Waals surface area contributed by atoms with Crippen molar-refractivity contribution in [2.75, 3.05) is 16.4 Å². The summed E-state index contributed by atoms with van der Waals surface area (Å²) in [6.07, 6.45) is 1.50. The first-order chi connectivity index (χ1) is 13.5. The number of carbonyl (C=O) groups is 1. The second kappa shape index (κ2) is 6.95. The number of urea groups is 1. The molecule has 0 saturated heterocycles. The first-order valence-electron chi connectivity index (χ1n) is 8.41. The third-order valence-electron chi connectivity index (χ3n) is 4.11. The molecule has 3 aromatic heterocycles. The third-order valence-corrected chi connectivity index (χ3v) is 4.11. The van der Waals surface area contributed by atoms with Crippen LogP contribution in [-0.4, -0.2) is 25.6 Å². The summed E-state index contributed by atoms with van der Waals surface area (Å²) in [7, 11) is 0. The predicted molar refractivity (Wildman–Crippen MR) is 104 cm³/mol. The van der Waals surface area contributed by atoms with Crippen LogP contribution in [0.15, 0.2) is 54.7 Å². The topological polar surface area (TPSA) is 110 Å². The summed E-state index contributed by atoms with van der Waals surface area (Å²) in [5, 5.41) is 12.9. The van der Waals surface area contributed by atoms with Gasteiger partial charge in [-0.05, 0) is 48.9 Å². The number of carbonyl (C=O) groups excluding carboxylic acids is 1. The summed E-state index contributed by atoms with van der Waals surface area (Å²) in [5.74, 6) is -0.247. The van der Waals surface area contributed by atoms with Gasteiger partial charge in [0.1, 0.15) is 5.82 Å². The number of hydrogen-bond acceptors (Lipinski definition) is 5. The number of nitrogens with two attached hydrogens (primary N) is 1. The summed E-state index contributed by atoms with van der Waals surface area (Å²) >= 11 is 0. The van der Waals surface area contributed by atoms with Crippen LogP contribution in [-0.2, 0) is 0 Å². The zero-order chi connectivity index (χ0) is 19.7. The van der Waals surface area contributed by atoms with Gasteiger partial charge < -0.3 is 16.4 Å². The Kier molecular flexibility index (Phi) is 4.32. The summed E-state index contributed by atoms with van der Waals surface area (Å²) < 4.78 is 15.4. The molecular weight excluding hydrogens is 361 g/mol. The Balaban J connectivity index is 1.52. The highest BCUT2D eigenvalue weighted by Crippen LogP contribution is 2.22. The molecule has 0 saturated carbocycles. The Morgan fingerprint density at radius 2 is 1.96 bits per heavy atom. The Morgan fingerprint density at radius 3 is 2.75 bits per heavy atom. The van der Waals surface area contributed by atoms with E-state index in [0.717, 1.165) is 11.3 Å². The minimum absolute atomic E-state index is 0.108. The van der Waals surface area contributed by atoms with Crippen LogP contribution < -0.4 is 16.4 Å². The summed E-state index contributed by atoms with van der Waals surface area (Å²) in [5.41, 5.74) is 9.24. The van der Waals surface area contributed by atoms with E-state index >= 15 is 0 Å². The highest BCUT2D eigenvalue weighted by atomic mass is 19.1. The largest absolute Gasteiger partial charge is 0.368 e. The van der Waals surface area contributed by atoms with Gasteiger partial charge in [0.05, 0.1) is 29.0 Å². The first kappa shape index (κ1) is 17.4. The lowest BCUT2D eigenvalue weighted by Gasteiger charge is -2.10. The average molecular weight is 377 g/mol. The Morgan fingerprint density at radius 1 is 1.11 bits per heavy atom. The van der Waals surface area contributed by atoms with E-state index in [1.807, 2.05) is 19.1 Å². The Hall–Kier alpha value is -4.01. The predicted octanol–water partition coefficient (Wildman–Crippen LogP) is 3.47. The molecule has 0 aliphatic carbocycles. The minimum atomic E-state index is -0.566. The third kappa shape index (κ3) is 3.32. The van der Waals surface area contributed by atoms with Gasteiger partial charge >= 0.3 is 6.03 Å². The molecule has 0 bridgehead atoms. The van der Waals surface area contributed by atoms with E-state index < -0.39 is 11.8 Å². The van der Waals surface area contributed by atoms with E-state index in [9.17, 15) is 9.18 Å². The van der Waals surface area contributed by atoms with Gasteiger partial charge in [-0.3, -0.25) is 9.38 Å². The van der Waals surface area contributed by atoms with Crippen molar-refractivity contribution in [1.82, 2.24) is 19.6 Å². The van der Waals surface area contributed by atoms with Crippen molar-refractivity contribution in [3.63, 3.8) is 0 Å². The number of hydrogen-bond donors (Lipinski definition) is 3. The lowest BCUT2D eigenvalue weighted by atomic mass is 10.2. The summed E-state index contributed by atoms with van der Waals surface area (Å²) in [4.78, 5) is 16.5. The van der Waals surface area contributed by atoms with Crippen LogP contribution in [0.2, 0.25) is 0 Å². The van der Waals surface area contributed by atoms with Gasteiger partial charge in [-0.25, -0.2) is 9.18 Å². The van der Waals surface area contributed by atoms with Gasteiger partial charge in [-0.15, -0.1) is 10.2 Å². The van der Waals surface area contributed by atoms with Crippen molar-refractivity contribution in [3.8, 4) is 11.4 Å². The summed E-state index contributed by atoms with van der Waals surface area (Å²) in [6.45, 7) is 1.81. The van der Waals surface area contributed by atoms with Crippen molar-refractivity contribution < 1.29 is 9.18 Å². The lowest BCUT2D eigenvalue weighted by molar-refractivity contribution is 0.262. The highest BCUT2D eigenvalue weighted by molar-refractivity contribution is 5.99. The smallest absolute Gasteiger partial charge is 0.323 e. The van der Waals surface area contributed by atoms with Crippen LogP contribution >= 0.6 is 0 Å². The SMILES string of the molecule is Cc1ccc(F)c(NC(=O)Nc2ccc(-c3cccc4nnc(N)n34)nc2)c1. The number of aromatic nitrogens is 4. The number of benzene rings is 1. The number of rotatable bonds is 3. The van der Waals surface area contributed by atoms with E-state index in [-0.39, 0.29) is 11.6 Å². The molecule has 0 unspecified atom stereocenters. The van der Waals surface area contributed by atoms with Crippen LogP contribution in [0.1, 0.15) is 5.56 Å². The van der Waals surface area contributed by atoms with E-state index in [4.69, 9.17) is 5.73 Å². The van der Waals surface area contributed by atoms with Crippen molar-refractivity contribution in [3.05, 3.63) is 66.1 Å². The van der Waals surface area contributed by atoms with Crippen LogP contribution in [0, 0.1) is 12.7 Å². The zero-order valence-corrected chi connectivity index (χ0v) is 14.8. The number of fused-ring (bicyclic) bond motifs is 1. The number of pyridine rings is 2. The van der Waals surface area contributed by atoms with Crippen molar-refractivity contribution >= 4 is 29.0 Å². The van der Waals surface area contributed by atoms with Gasteiger partial charge in [0.25, 0.3) is 0 Å². The molecule has 0 fully saturated rings. The fourth-order valence-electron chi connectivity index (χ4n) is 2.80. The van der Waals surface area contributed by atoms with E-state index in [2.05, 4.69) is 25.8 Å². The minimum Gasteiger partial charge on any atom is -0.368 e. The maximum Gasteiger partial charge on any atom is 0.323 e. The second-order valence-electron chi connectivity index (χ2n) is 6.16. The van der Waals surface area contributed by atoms with E-state index in [1.165, 1.54) is 12.3 Å². The number of nitrogens with zero attached hydrogens (tertiary/aromatic N) is 4. The highest BCUT2D eigenvalue weighted by Gasteiger charge is 2.11. The number of nitrogens with one attached hydrogen (secondary N) is 2. The molecular formula is C19H16FN7O. The van der Waals surface area contributed by atoms with Gasteiger partial charge in [0.2, 0.25) is 5.95 Å². The normalized spacial score (nSPS) is 10.8. The molecule has 4 N–H and O–H groups in total. The zero-order valence-electron chi connectivity index (χ0n) is 14.8. The number of halogens is 1. The molecule has 28 heavy (non-hydrogen) atoms. The molecule has 140 valence electrons. The fourth-order valence-corrected chi connectivity index (χ4v) is 2.80. The monoisotopic (exact) mass is 377 g/mol. The molecule has 0 atom stereocenters. The molecule has 1 aromatic carbocycles. The molecule has 4 rings (SSSR count). The average Bonchev–Trinajstić information content (AvgIpc) is 3.07. The standard InChI is InChI=1S/C19H16FN7O/c1-11-5-7-13(20)15(9-11)24-19(28)23-12-6-8-14(22-10-12)16-3-2-4-17-25-26-18(21)27(16)17/h2-10H,1H3,(H2,21,26)(H2,23,24,28). The Bertz CT molecular complexity index is 1170. The first-order valence-corrected chi connectivity index (χ1v) is 8.41. The van der Waals surface area contributed by atoms with E-state index in [1.54, 1.807) is 34.7 Å². The van der Waals surface area contributed by atoms with Crippen LogP contribution in [0.5, 0.6) is 0 Å². The van der Waals surface area contributed by atoms with E-state index in [0.29, 0.717) is 17.0 Å². The molecule has 9 heteroatoms. The maximum atomic E-state index is 13.8. The quantitative estimate of drug-likeness (QED) is 0.506. The molecule has 3 heterocycles. The molecule has 0 aliphatic heterocycles. The van der Waals surface area contributed by atoms with Crippen molar-refractivity contribution in [2.45, 2.75) is 6.92 Å². The van der Waals surface area contributed by atoms with Gasteiger partial charge in [0, 0.05) is 0 Å². The molecule has 2 amide bonds. The van der Waals surface area contributed by atoms with Crippen LogP contribution in [0.3, 0.4) is 0 Å².